The van der Waals surface area contributed by atoms with Gasteiger partial charge in [-0.1, -0.05) is 44.9 Å². The number of hydrogen-bond acceptors (Lipinski definition) is 6. The predicted molar refractivity (Wildman–Crippen MR) is 103 cm³/mol. The Morgan fingerprint density at radius 3 is 2.04 bits per heavy atom. The minimum absolute atomic E-state index is 0.0956. The lowest BCUT2D eigenvalue weighted by Gasteiger charge is -2.23. The highest BCUT2D eigenvalue weighted by Gasteiger charge is 2.48. The van der Waals surface area contributed by atoms with Crippen molar-refractivity contribution in [2.24, 2.45) is 0 Å². The molecule has 0 aromatic heterocycles. The van der Waals surface area contributed by atoms with Crippen molar-refractivity contribution in [2.45, 2.75) is 102 Å². The standard InChI is InChI=1S/C20H41NO5/c1-19(2,3)21-13-11-9-7-5-4-6-8-10-12-14-25-18-17(23)20(24,15-22)16-26-18/h17-18,21-24H,4-16H2,1-3H3/t17?,18-,20?/m0/s1. The zero-order valence-corrected chi connectivity index (χ0v) is 17.0. The van der Waals surface area contributed by atoms with E-state index in [1.54, 1.807) is 0 Å². The summed E-state index contributed by atoms with van der Waals surface area (Å²) < 4.78 is 10.7. The molecule has 0 aromatic rings. The molecule has 156 valence electrons. The number of ether oxygens (including phenoxy) is 2. The maximum Gasteiger partial charge on any atom is 0.186 e. The summed E-state index contributed by atoms with van der Waals surface area (Å²) in [7, 11) is 0. The van der Waals surface area contributed by atoms with Crippen LogP contribution in [0.25, 0.3) is 0 Å². The normalized spacial score (nSPS) is 26.5. The molecule has 0 saturated carbocycles. The van der Waals surface area contributed by atoms with E-state index in [0.717, 1.165) is 19.4 Å². The second-order valence-electron chi connectivity index (χ2n) is 8.62. The highest BCUT2D eigenvalue weighted by atomic mass is 16.7. The Hall–Kier alpha value is -0.240. The molecule has 1 fully saturated rings. The van der Waals surface area contributed by atoms with E-state index in [2.05, 4.69) is 26.1 Å². The zero-order valence-electron chi connectivity index (χ0n) is 17.0. The summed E-state index contributed by atoms with van der Waals surface area (Å²) in [6, 6.07) is 0. The number of nitrogens with one attached hydrogen (secondary N) is 1. The van der Waals surface area contributed by atoms with Gasteiger partial charge in [-0.05, 0) is 40.2 Å². The Bertz CT molecular complexity index is 361. The number of aliphatic hydroxyl groups excluding tert-OH is 2. The van der Waals surface area contributed by atoms with Gasteiger partial charge in [0.2, 0.25) is 0 Å². The Kier molecular flexibility index (Phi) is 11.2. The lowest BCUT2D eigenvalue weighted by molar-refractivity contribution is -0.161. The summed E-state index contributed by atoms with van der Waals surface area (Å²) in [6.45, 7) is 7.60. The molecule has 0 aromatic carbocycles. The molecule has 1 rings (SSSR count). The molecule has 2 unspecified atom stereocenters. The van der Waals surface area contributed by atoms with E-state index in [1.807, 2.05) is 0 Å². The van der Waals surface area contributed by atoms with Crippen molar-refractivity contribution < 1.29 is 24.8 Å². The molecule has 4 N–H and O–H groups in total. The molecule has 6 nitrogen and oxygen atoms in total. The molecule has 0 radical (unpaired) electrons. The van der Waals surface area contributed by atoms with Gasteiger partial charge in [-0.2, -0.15) is 0 Å². The highest BCUT2D eigenvalue weighted by Crippen LogP contribution is 2.25. The first-order chi connectivity index (χ1) is 12.3. The van der Waals surface area contributed by atoms with E-state index < -0.39 is 24.6 Å². The maximum absolute atomic E-state index is 9.86. The summed E-state index contributed by atoms with van der Waals surface area (Å²) in [4.78, 5) is 0. The van der Waals surface area contributed by atoms with Crippen molar-refractivity contribution in [3.63, 3.8) is 0 Å². The summed E-state index contributed by atoms with van der Waals surface area (Å²) in [6.07, 6.45) is 8.94. The first kappa shape index (κ1) is 23.8. The van der Waals surface area contributed by atoms with Crippen LogP contribution in [0.5, 0.6) is 0 Å². The lowest BCUT2D eigenvalue weighted by atomic mass is 10.0. The van der Waals surface area contributed by atoms with Gasteiger partial charge < -0.3 is 30.1 Å². The minimum atomic E-state index is -1.59. The fraction of sp³-hybridized carbons (Fsp3) is 1.00. The lowest BCUT2D eigenvalue weighted by Crippen LogP contribution is -2.47. The van der Waals surface area contributed by atoms with E-state index in [0.29, 0.717) is 6.61 Å². The molecular weight excluding hydrogens is 334 g/mol. The monoisotopic (exact) mass is 375 g/mol. The van der Waals surface area contributed by atoms with Crippen LogP contribution in [-0.2, 0) is 9.47 Å². The van der Waals surface area contributed by atoms with Crippen molar-refractivity contribution in [1.82, 2.24) is 5.32 Å². The van der Waals surface area contributed by atoms with Crippen LogP contribution in [0.1, 0.15) is 78.6 Å². The second kappa shape index (κ2) is 12.3. The third-order valence-corrected chi connectivity index (χ3v) is 4.84. The molecule has 26 heavy (non-hydrogen) atoms. The molecule has 1 heterocycles. The Morgan fingerprint density at radius 2 is 1.54 bits per heavy atom. The summed E-state index contributed by atoms with van der Waals surface area (Å²) in [5.74, 6) is 0. The third kappa shape index (κ3) is 9.62. The highest BCUT2D eigenvalue weighted by molar-refractivity contribution is 4.93. The first-order valence-electron chi connectivity index (χ1n) is 10.3. The molecule has 0 spiro atoms. The fourth-order valence-corrected chi connectivity index (χ4v) is 3.06. The fourth-order valence-electron chi connectivity index (χ4n) is 3.06. The SMILES string of the molecule is CC(C)(C)NCCCCCCCCCCCO[C@H]1OCC(O)(CO)C1O. The quantitative estimate of drug-likeness (QED) is 0.348. The molecule has 0 aliphatic carbocycles. The topological polar surface area (TPSA) is 91.2 Å². The van der Waals surface area contributed by atoms with Gasteiger partial charge in [0.15, 0.2) is 6.29 Å². The molecule has 0 amide bonds. The largest absolute Gasteiger partial charge is 0.393 e. The van der Waals surface area contributed by atoms with Crippen LogP contribution in [0.3, 0.4) is 0 Å². The molecule has 6 heteroatoms. The van der Waals surface area contributed by atoms with E-state index >= 15 is 0 Å². The second-order valence-corrected chi connectivity index (χ2v) is 8.62. The molecule has 3 atom stereocenters. The van der Waals surface area contributed by atoms with Gasteiger partial charge in [0.1, 0.15) is 11.7 Å². The van der Waals surface area contributed by atoms with Gasteiger partial charge in [-0.3, -0.25) is 0 Å². The molecule has 1 saturated heterocycles. The molecule has 1 aliphatic rings. The van der Waals surface area contributed by atoms with Crippen LogP contribution in [-0.4, -0.2) is 65.2 Å². The zero-order chi connectivity index (χ0) is 19.5. The number of rotatable bonds is 14. The maximum atomic E-state index is 9.86. The van der Waals surface area contributed by atoms with E-state index in [4.69, 9.17) is 14.6 Å². The van der Waals surface area contributed by atoms with Gasteiger partial charge in [0.05, 0.1) is 13.2 Å². The van der Waals surface area contributed by atoms with Crippen LogP contribution in [0, 0.1) is 0 Å². The van der Waals surface area contributed by atoms with Crippen LogP contribution in [0.2, 0.25) is 0 Å². The van der Waals surface area contributed by atoms with Crippen LogP contribution >= 0.6 is 0 Å². The summed E-state index contributed by atoms with van der Waals surface area (Å²) in [5.41, 5.74) is -1.36. The Morgan fingerprint density at radius 1 is 1.00 bits per heavy atom. The van der Waals surface area contributed by atoms with Crippen LogP contribution < -0.4 is 5.32 Å². The van der Waals surface area contributed by atoms with Crippen molar-refractivity contribution in [3.05, 3.63) is 0 Å². The Labute approximate surface area is 159 Å². The van der Waals surface area contributed by atoms with E-state index in [-0.39, 0.29) is 12.1 Å². The van der Waals surface area contributed by atoms with Gasteiger partial charge >= 0.3 is 0 Å². The number of hydrogen-bond donors (Lipinski definition) is 4. The average Bonchev–Trinajstić information content (AvgIpc) is 2.87. The Balaban J connectivity index is 1.84. The smallest absolute Gasteiger partial charge is 0.186 e. The van der Waals surface area contributed by atoms with Crippen molar-refractivity contribution in [1.29, 1.82) is 0 Å². The van der Waals surface area contributed by atoms with Gasteiger partial charge in [-0.25, -0.2) is 0 Å². The minimum Gasteiger partial charge on any atom is -0.393 e. The number of unbranched alkanes of at least 4 members (excludes halogenated alkanes) is 8. The molecular formula is C20H41NO5. The summed E-state index contributed by atoms with van der Waals surface area (Å²) >= 11 is 0. The van der Waals surface area contributed by atoms with E-state index in [1.165, 1.54) is 44.9 Å². The van der Waals surface area contributed by atoms with Crippen LogP contribution in [0.4, 0.5) is 0 Å². The average molecular weight is 376 g/mol. The summed E-state index contributed by atoms with van der Waals surface area (Å²) in [5, 5.41) is 32.3. The van der Waals surface area contributed by atoms with Crippen molar-refractivity contribution in [3.8, 4) is 0 Å². The third-order valence-electron chi connectivity index (χ3n) is 4.84. The van der Waals surface area contributed by atoms with Crippen molar-refractivity contribution in [2.75, 3.05) is 26.4 Å². The van der Waals surface area contributed by atoms with E-state index in [9.17, 15) is 10.2 Å². The van der Waals surface area contributed by atoms with Crippen LogP contribution in [0.15, 0.2) is 0 Å². The van der Waals surface area contributed by atoms with Gasteiger partial charge in [0.25, 0.3) is 0 Å². The predicted octanol–water partition coefficient (Wildman–Crippen LogP) is 2.34. The van der Waals surface area contributed by atoms with Crippen molar-refractivity contribution >= 4 is 0 Å². The van der Waals surface area contributed by atoms with Gasteiger partial charge in [-0.15, -0.1) is 0 Å². The first-order valence-corrected chi connectivity index (χ1v) is 10.3. The molecule has 1 aliphatic heterocycles. The molecule has 0 bridgehead atoms. The number of aliphatic hydroxyl groups is 3. The van der Waals surface area contributed by atoms with Gasteiger partial charge in [0, 0.05) is 12.1 Å².